The van der Waals surface area contributed by atoms with Gasteiger partial charge in [-0.2, -0.15) is 0 Å². The third-order valence-electron chi connectivity index (χ3n) is 3.66. The first kappa shape index (κ1) is 14.1. The average molecular weight is 260 g/mol. The van der Waals surface area contributed by atoms with E-state index in [4.69, 9.17) is 10.5 Å². The van der Waals surface area contributed by atoms with Crippen LogP contribution in [0, 0.1) is 0 Å². The number of primary amides is 1. The zero-order chi connectivity index (χ0) is 13.7. The molecule has 3 N–H and O–H groups in total. The van der Waals surface area contributed by atoms with Gasteiger partial charge in [0.1, 0.15) is 7.85 Å². The second kappa shape index (κ2) is 6.73. The average Bonchev–Trinajstić information content (AvgIpc) is 2.42. The molecule has 2 rings (SSSR count). The molecule has 1 aliphatic heterocycles. The van der Waals surface area contributed by atoms with Gasteiger partial charge < -0.3 is 15.8 Å². The third kappa shape index (κ3) is 4.08. The molecule has 19 heavy (non-hydrogen) atoms. The van der Waals surface area contributed by atoms with Crippen molar-refractivity contribution in [3.8, 4) is 0 Å². The molecule has 0 aromatic heterocycles. The zero-order valence-electron chi connectivity index (χ0n) is 11.4. The lowest BCUT2D eigenvalue weighted by atomic mass is 9.91. The van der Waals surface area contributed by atoms with Crippen molar-refractivity contribution in [2.75, 3.05) is 19.8 Å². The van der Waals surface area contributed by atoms with Crippen molar-refractivity contribution in [1.82, 2.24) is 5.32 Å². The van der Waals surface area contributed by atoms with E-state index in [1.165, 1.54) is 5.46 Å². The second-order valence-corrected chi connectivity index (χ2v) is 5.16. The lowest BCUT2D eigenvalue weighted by molar-refractivity contribution is -0.119. The third-order valence-corrected chi connectivity index (χ3v) is 3.66. The van der Waals surface area contributed by atoms with Gasteiger partial charge in [0.05, 0.1) is 5.92 Å². The molecule has 1 atom stereocenters. The second-order valence-electron chi connectivity index (χ2n) is 5.16. The molecule has 1 saturated heterocycles. The fraction of sp³-hybridized carbons (Fsp3) is 0.500. The lowest BCUT2D eigenvalue weighted by Gasteiger charge is -2.25. The highest BCUT2D eigenvalue weighted by molar-refractivity contribution is 6.32. The summed E-state index contributed by atoms with van der Waals surface area (Å²) in [6, 6.07) is 8.42. The van der Waals surface area contributed by atoms with Gasteiger partial charge in [-0.3, -0.25) is 4.79 Å². The molecule has 0 spiro atoms. The molecule has 1 amide bonds. The van der Waals surface area contributed by atoms with Crippen molar-refractivity contribution < 1.29 is 9.53 Å². The number of carbonyl (C=O) groups is 1. The smallest absolute Gasteiger partial charge is 0.226 e. The Labute approximate surface area is 115 Å². The predicted molar refractivity (Wildman–Crippen MR) is 78.4 cm³/mol. The zero-order valence-corrected chi connectivity index (χ0v) is 11.4. The van der Waals surface area contributed by atoms with Crippen LogP contribution in [0.1, 0.15) is 24.3 Å². The molecule has 1 aliphatic rings. The Morgan fingerprint density at radius 2 is 2.00 bits per heavy atom. The first-order chi connectivity index (χ1) is 9.16. The van der Waals surface area contributed by atoms with E-state index in [1.54, 1.807) is 0 Å². The highest BCUT2D eigenvalue weighted by Gasteiger charge is 2.20. The van der Waals surface area contributed by atoms with Crippen LogP contribution < -0.4 is 16.5 Å². The first-order valence-electron chi connectivity index (χ1n) is 6.84. The maximum atomic E-state index is 11.6. The standard InChI is InChI=1S/C14H21BN2O2/c15-11-3-1-10(2-4-11)13(14(16)18)9-17-12-5-7-19-8-6-12/h1-4,12-13,17H,5-9,15H2,(H2,16,18)/t13-/m1/s1. The highest BCUT2D eigenvalue weighted by atomic mass is 16.5. The fourth-order valence-electron chi connectivity index (χ4n) is 2.37. The number of amides is 1. The molecular formula is C14H21BN2O2. The Hall–Kier alpha value is -1.33. The normalized spacial score (nSPS) is 18.1. The molecule has 1 aromatic carbocycles. The quantitative estimate of drug-likeness (QED) is 0.687. The molecule has 1 fully saturated rings. The van der Waals surface area contributed by atoms with Gasteiger partial charge in [0.2, 0.25) is 5.91 Å². The number of nitrogens with two attached hydrogens (primary N) is 1. The van der Waals surface area contributed by atoms with Crippen LogP contribution in [0.15, 0.2) is 24.3 Å². The van der Waals surface area contributed by atoms with Crippen molar-refractivity contribution in [1.29, 1.82) is 0 Å². The van der Waals surface area contributed by atoms with Gasteiger partial charge in [-0.15, -0.1) is 0 Å². The molecule has 0 aliphatic carbocycles. The summed E-state index contributed by atoms with van der Waals surface area (Å²) in [4.78, 5) is 11.6. The van der Waals surface area contributed by atoms with Crippen molar-refractivity contribution in [3.63, 3.8) is 0 Å². The van der Waals surface area contributed by atoms with Gasteiger partial charge in [-0.05, 0) is 18.4 Å². The van der Waals surface area contributed by atoms with Crippen LogP contribution in [0.2, 0.25) is 0 Å². The molecule has 102 valence electrons. The summed E-state index contributed by atoms with van der Waals surface area (Å²) >= 11 is 0. The molecule has 0 bridgehead atoms. The van der Waals surface area contributed by atoms with Gasteiger partial charge in [-0.1, -0.05) is 29.7 Å². The van der Waals surface area contributed by atoms with Crippen LogP contribution in [0.3, 0.4) is 0 Å². The van der Waals surface area contributed by atoms with E-state index < -0.39 is 0 Å². The highest BCUT2D eigenvalue weighted by Crippen LogP contribution is 2.15. The van der Waals surface area contributed by atoms with Crippen LogP contribution in [0.4, 0.5) is 0 Å². The summed E-state index contributed by atoms with van der Waals surface area (Å²) in [7, 11) is 2.03. The summed E-state index contributed by atoms with van der Waals surface area (Å²) in [5.74, 6) is -0.535. The summed E-state index contributed by atoms with van der Waals surface area (Å²) < 4.78 is 5.32. The minimum Gasteiger partial charge on any atom is -0.381 e. The minimum atomic E-state index is -0.275. The Bertz CT molecular complexity index is 416. The molecule has 0 radical (unpaired) electrons. The molecule has 1 aromatic rings. The van der Waals surface area contributed by atoms with Crippen LogP contribution >= 0.6 is 0 Å². The maximum absolute atomic E-state index is 11.6. The topological polar surface area (TPSA) is 64.3 Å². The molecule has 5 heteroatoms. The Morgan fingerprint density at radius 3 is 2.58 bits per heavy atom. The molecule has 0 saturated carbocycles. The van der Waals surface area contributed by atoms with Crippen molar-refractivity contribution in [2.45, 2.75) is 24.8 Å². The SMILES string of the molecule is Bc1ccc([C@@H](CNC2CCOCC2)C(N)=O)cc1. The van der Waals surface area contributed by atoms with E-state index in [-0.39, 0.29) is 11.8 Å². The summed E-state index contributed by atoms with van der Waals surface area (Å²) in [6.45, 7) is 2.19. The number of benzene rings is 1. The van der Waals surface area contributed by atoms with Gasteiger partial charge >= 0.3 is 0 Å². The van der Waals surface area contributed by atoms with E-state index in [0.29, 0.717) is 12.6 Å². The van der Waals surface area contributed by atoms with Crippen LogP contribution in [-0.4, -0.2) is 39.6 Å². The van der Waals surface area contributed by atoms with Crippen LogP contribution in [-0.2, 0) is 9.53 Å². The summed E-state index contributed by atoms with van der Waals surface area (Å²) in [5.41, 5.74) is 7.69. The number of hydrogen-bond donors (Lipinski definition) is 2. The van der Waals surface area contributed by atoms with E-state index >= 15 is 0 Å². The number of nitrogens with one attached hydrogen (secondary N) is 1. The van der Waals surface area contributed by atoms with Crippen molar-refractivity contribution in [3.05, 3.63) is 29.8 Å². The Morgan fingerprint density at radius 1 is 1.37 bits per heavy atom. The number of rotatable bonds is 5. The first-order valence-corrected chi connectivity index (χ1v) is 6.84. The molecule has 4 nitrogen and oxygen atoms in total. The molecule has 1 heterocycles. The van der Waals surface area contributed by atoms with Crippen molar-refractivity contribution in [2.24, 2.45) is 5.73 Å². The lowest BCUT2D eigenvalue weighted by Crippen LogP contribution is -2.40. The Kier molecular flexibility index (Phi) is 4.99. The van der Waals surface area contributed by atoms with Crippen LogP contribution in [0.5, 0.6) is 0 Å². The van der Waals surface area contributed by atoms with Gasteiger partial charge in [0.25, 0.3) is 0 Å². The largest absolute Gasteiger partial charge is 0.381 e. The number of carbonyl (C=O) groups excluding carboxylic acids is 1. The summed E-state index contributed by atoms with van der Waals surface area (Å²) in [6.07, 6.45) is 2.00. The molecule has 0 unspecified atom stereocenters. The van der Waals surface area contributed by atoms with E-state index in [0.717, 1.165) is 31.6 Å². The van der Waals surface area contributed by atoms with E-state index in [9.17, 15) is 4.79 Å². The van der Waals surface area contributed by atoms with Crippen LogP contribution in [0.25, 0.3) is 0 Å². The van der Waals surface area contributed by atoms with Gasteiger partial charge in [-0.25, -0.2) is 0 Å². The Balaban J connectivity index is 1.96. The summed E-state index contributed by atoms with van der Waals surface area (Å²) in [5, 5.41) is 3.44. The minimum absolute atomic E-state index is 0.261. The van der Waals surface area contributed by atoms with E-state index in [2.05, 4.69) is 5.32 Å². The maximum Gasteiger partial charge on any atom is 0.226 e. The number of ether oxygens (including phenoxy) is 1. The van der Waals surface area contributed by atoms with E-state index in [1.807, 2.05) is 32.1 Å². The molecular weight excluding hydrogens is 239 g/mol. The van der Waals surface area contributed by atoms with Gasteiger partial charge in [0.15, 0.2) is 0 Å². The number of hydrogen-bond acceptors (Lipinski definition) is 3. The predicted octanol–water partition coefficient (Wildman–Crippen LogP) is -0.717. The fourth-order valence-corrected chi connectivity index (χ4v) is 2.37. The monoisotopic (exact) mass is 260 g/mol. The van der Waals surface area contributed by atoms with Gasteiger partial charge in [0, 0.05) is 25.8 Å². The van der Waals surface area contributed by atoms with Crippen molar-refractivity contribution >= 4 is 19.2 Å².